The molecule has 0 saturated heterocycles. The zero-order chi connectivity index (χ0) is 18.6. The number of carbonyl (C=O) groups excluding carboxylic acids is 2. The van der Waals surface area contributed by atoms with E-state index in [0.29, 0.717) is 22.6 Å². The Hall–Kier alpha value is -3.60. The van der Waals surface area contributed by atoms with Gasteiger partial charge in [-0.2, -0.15) is 0 Å². The first-order valence-corrected chi connectivity index (χ1v) is 8.47. The SMILES string of the molecule is O=C(OCc1ccc2c(c1)OCO2)c1ccccc1C(=O)c1ccccc1. The fourth-order valence-corrected chi connectivity index (χ4v) is 2.86. The number of esters is 1. The molecular formula is C22H16O5. The molecule has 1 aliphatic rings. The van der Waals surface area contributed by atoms with Crippen molar-refractivity contribution in [1.29, 1.82) is 0 Å². The van der Waals surface area contributed by atoms with Crippen molar-refractivity contribution in [1.82, 2.24) is 0 Å². The largest absolute Gasteiger partial charge is 0.457 e. The van der Waals surface area contributed by atoms with Gasteiger partial charge in [-0.1, -0.05) is 54.6 Å². The average Bonchev–Trinajstić information content (AvgIpc) is 3.20. The van der Waals surface area contributed by atoms with Gasteiger partial charge in [0.25, 0.3) is 0 Å². The summed E-state index contributed by atoms with van der Waals surface area (Å²) in [6.45, 7) is 0.261. The van der Waals surface area contributed by atoms with Gasteiger partial charge >= 0.3 is 5.97 Å². The van der Waals surface area contributed by atoms with Gasteiger partial charge in [-0.25, -0.2) is 4.79 Å². The molecular weight excluding hydrogens is 344 g/mol. The molecule has 134 valence electrons. The molecule has 0 N–H and O–H groups in total. The molecule has 5 nitrogen and oxygen atoms in total. The van der Waals surface area contributed by atoms with Crippen molar-refractivity contribution in [3.63, 3.8) is 0 Å². The van der Waals surface area contributed by atoms with E-state index in [0.717, 1.165) is 5.56 Å². The van der Waals surface area contributed by atoms with Crippen LogP contribution in [-0.4, -0.2) is 18.5 Å². The summed E-state index contributed by atoms with van der Waals surface area (Å²) in [5.41, 5.74) is 1.86. The van der Waals surface area contributed by atoms with Crippen LogP contribution in [0.3, 0.4) is 0 Å². The van der Waals surface area contributed by atoms with E-state index in [1.807, 2.05) is 12.1 Å². The predicted molar refractivity (Wildman–Crippen MR) is 98.0 cm³/mol. The standard InChI is InChI=1S/C22H16O5/c23-21(16-6-2-1-3-7-16)17-8-4-5-9-18(17)22(24)25-13-15-10-11-19-20(12-15)27-14-26-19/h1-12H,13-14H2. The Kier molecular flexibility index (Phi) is 4.58. The Morgan fingerprint density at radius 1 is 0.815 bits per heavy atom. The van der Waals surface area contributed by atoms with E-state index in [2.05, 4.69) is 0 Å². The molecule has 0 amide bonds. The third-order valence-electron chi connectivity index (χ3n) is 4.23. The lowest BCUT2D eigenvalue weighted by atomic mass is 9.98. The minimum atomic E-state index is -0.549. The van der Waals surface area contributed by atoms with Crippen LogP contribution in [0.5, 0.6) is 11.5 Å². The lowest BCUT2D eigenvalue weighted by molar-refractivity contribution is 0.0470. The van der Waals surface area contributed by atoms with Crippen LogP contribution in [-0.2, 0) is 11.3 Å². The fourth-order valence-electron chi connectivity index (χ4n) is 2.86. The second-order valence-electron chi connectivity index (χ2n) is 6.00. The van der Waals surface area contributed by atoms with E-state index in [1.54, 1.807) is 60.7 Å². The number of benzene rings is 3. The smallest absolute Gasteiger partial charge is 0.339 e. The molecule has 0 spiro atoms. The topological polar surface area (TPSA) is 61.8 Å². The first kappa shape index (κ1) is 16.8. The number of fused-ring (bicyclic) bond motifs is 1. The molecule has 3 aromatic carbocycles. The van der Waals surface area contributed by atoms with Crippen LogP contribution in [0.2, 0.25) is 0 Å². The number of carbonyl (C=O) groups is 2. The molecule has 0 fully saturated rings. The normalized spacial score (nSPS) is 11.9. The third kappa shape index (κ3) is 3.53. The van der Waals surface area contributed by atoms with E-state index in [4.69, 9.17) is 14.2 Å². The number of ketones is 1. The van der Waals surface area contributed by atoms with Crippen molar-refractivity contribution < 1.29 is 23.8 Å². The van der Waals surface area contributed by atoms with Gasteiger partial charge in [-0.3, -0.25) is 4.79 Å². The van der Waals surface area contributed by atoms with Crippen LogP contribution >= 0.6 is 0 Å². The monoisotopic (exact) mass is 360 g/mol. The molecule has 0 saturated carbocycles. The highest BCUT2D eigenvalue weighted by Gasteiger charge is 2.19. The maximum atomic E-state index is 12.7. The van der Waals surface area contributed by atoms with Crippen LogP contribution in [0.1, 0.15) is 31.8 Å². The molecule has 0 aliphatic carbocycles. The highest BCUT2D eigenvalue weighted by molar-refractivity contribution is 6.14. The van der Waals surface area contributed by atoms with Gasteiger partial charge in [0.2, 0.25) is 6.79 Å². The molecule has 27 heavy (non-hydrogen) atoms. The number of hydrogen-bond donors (Lipinski definition) is 0. The number of rotatable bonds is 5. The van der Waals surface area contributed by atoms with E-state index in [-0.39, 0.29) is 24.7 Å². The van der Waals surface area contributed by atoms with Crippen LogP contribution in [0, 0.1) is 0 Å². The Labute approximate surface area is 156 Å². The third-order valence-corrected chi connectivity index (χ3v) is 4.23. The Balaban J connectivity index is 1.52. The summed E-state index contributed by atoms with van der Waals surface area (Å²) < 4.78 is 16.0. The number of hydrogen-bond acceptors (Lipinski definition) is 5. The van der Waals surface area contributed by atoms with Crippen molar-refractivity contribution in [2.75, 3.05) is 6.79 Å². The minimum Gasteiger partial charge on any atom is -0.457 e. The molecule has 5 heteroatoms. The zero-order valence-corrected chi connectivity index (χ0v) is 14.4. The lowest BCUT2D eigenvalue weighted by Crippen LogP contribution is -2.12. The van der Waals surface area contributed by atoms with E-state index in [9.17, 15) is 9.59 Å². The van der Waals surface area contributed by atoms with Gasteiger partial charge in [0, 0.05) is 11.1 Å². The van der Waals surface area contributed by atoms with E-state index < -0.39 is 5.97 Å². The molecule has 0 radical (unpaired) electrons. The van der Waals surface area contributed by atoms with Gasteiger partial charge in [-0.05, 0) is 23.8 Å². The Bertz CT molecular complexity index is 995. The van der Waals surface area contributed by atoms with Crippen molar-refractivity contribution in [2.24, 2.45) is 0 Å². The maximum Gasteiger partial charge on any atom is 0.339 e. The first-order valence-electron chi connectivity index (χ1n) is 8.47. The number of ether oxygens (including phenoxy) is 3. The van der Waals surface area contributed by atoms with Gasteiger partial charge in [0.15, 0.2) is 17.3 Å². The van der Waals surface area contributed by atoms with Crippen LogP contribution < -0.4 is 9.47 Å². The highest BCUT2D eigenvalue weighted by atomic mass is 16.7. The lowest BCUT2D eigenvalue weighted by Gasteiger charge is -2.09. The summed E-state index contributed by atoms with van der Waals surface area (Å²) in [6, 6.07) is 20.9. The highest BCUT2D eigenvalue weighted by Crippen LogP contribution is 2.32. The first-order chi connectivity index (χ1) is 13.2. The van der Waals surface area contributed by atoms with Gasteiger partial charge < -0.3 is 14.2 Å². The van der Waals surface area contributed by atoms with Crippen molar-refractivity contribution in [3.8, 4) is 11.5 Å². The summed E-state index contributed by atoms with van der Waals surface area (Å²) in [4.78, 5) is 25.3. The zero-order valence-electron chi connectivity index (χ0n) is 14.4. The summed E-state index contributed by atoms with van der Waals surface area (Å²) in [5.74, 6) is 0.533. The second kappa shape index (κ2) is 7.33. The summed E-state index contributed by atoms with van der Waals surface area (Å²) in [7, 11) is 0. The minimum absolute atomic E-state index is 0.0728. The van der Waals surface area contributed by atoms with Gasteiger partial charge in [-0.15, -0.1) is 0 Å². The molecule has 4 rings (SSSR count). The molecule has 0 bridgehead atoms. The quantitative estimate of drug-likeness (QED) is 0.508. The van der Waals surface area contributed by atoms with Crippen molar-refractivity contribution in [2.45, 2.75) is 6.61 Å². The van der Waals surface area contributed by atoms with E-state index in [1.165, 1.54) is 0 Å². The molecule has 1 aliphatic heterocycles. The summed E-state index contributed by atoms with van der Waals surface area (Å²) >= 11 is 0. The Morgan fingerprint density at radius 3 is 2.33 bits per heavy atom. The van der Waals surface area contributed by atoms with Crippen molar-refractivity contribution >= 4 is 11.8 Å². The fraction of sp³-hybridized carbons (Fsp3) is 0.0909. The average molecular weight is 360 g/mol. The van der Waals surface area contributed by atoms with Gasteiger partial charge in [0.05, 0.1) is 5.56 Å². The summed E-state index contributed by atoms with van der Waals surface area (Å²) in [5, 5.41) is 0. The second-order valence-corrected chi connectivity index (χ2v) is 6.00. The van der Waals surface area contributed by atoms with Gasteiger partial charge in [0.1, 0.15) is 6.61 Å². The van der Waals surface area contributed by atoms with Crippen LogP contribution in [0.4, 0.5) is 0 Å². The molecule has 1 heterocycles. The van der Waals surface area contributed by atoms with Crippen LogP contribution in [0.25, 0.3) is 0 Å². The molecule has 3 aromatic rings. The summed E-state index contributed by atoms with van der Waals surface area (Å²) in [6.07, 6.45) is 0. The van der Waals surface area contributed by atoms with E-state index >= 15 is 0 Å². The molecule has 0 unspecified atom stereocenters. The Morgan fingerprint density at radius 2 is 1.52 bits per heavy atom. The molecule has 0 aromatic heterocycles. The molecule has 0 atom stereocenters. The maximum absolute atomic E-state index is 12.7. The van der Waals surface area contributed by atoms with Crippen LogP contribution in [0.15, 0.2) is 72.8 Å². The van der Waals surface area contributed by atoms with Crippen molar-refractivity contribution in [3.05, 3.63) is 95.1 Å². The predicted octanol–water partition coefficient (Wildman–Crippen LogP) is 4.00.